The molecule has 0 amide bonds. The van der Waals surface area contributed by atoms with Crippen molar-refractivity contribution >= 4 is 21.4 Å². The SMILES string of the molecule is Cc1ccc(S(=O)(=O)N2C[C@H]3CCC(N)C[C@H]3C2)s1. The Morgan fingerprint density at radius 1 is 1.26 bits per heavy atom. The van der Waals surface area contributed by atoms with Gasteiger partial charge in [-0.25, -0.2) is 8.42 Å². The van der Waals surface area contributed by atoms with E-state index in [2.05, 4.69) is 0 Å². The predicted octanol–water partition coefficient (Wildman–Crippen LogP) is 1.80. The first kappa shape index (κ1) is 13.5. The minimum absolute atomic E-state index is 0.257. The topological polar surface area (TPSA) is 63.4 Å². The van der Waals surface area contributed by atoms with Gasteiger partial charge in [-0.3, -0.25) is 0 Å². The fraction of sp³-hybridized carbons (Fsp3) is 0.692. The molecule has 1 saturated carbocycles. The maximum Gasteiger partial charge on any atom is 0.252 e. The van der Waals surface area contributed by atoms with E-state index in [1.54, 1.807) is 10.4 Å². The van der Waals surface area contributed by atoms with Crippen molar-refractivity contribution in [2.45, 2.75) is 36.4 Å². The fourth-order valence-electron chi connectivity index (χ4n) is 3.30. The zero-order chi connectivity index (χ0) is 13.6. The molecule has 2 aliphatic rings. The van der Waals surface area contributed by atoms with E-state index in [4.69, 9.17) is 5.73 Å². The molecule has 2 heterocycles. The van der Waals surface area contributed by atoms with Crippen molar-refractivity contribution in [3.05, 3.63) is 17.0 Å². The third kappa shape index (κ3) is 2.46. The van der Waals surface area contributed by atoms with Crippen molar-refractivity contribution in [1.29, 1.82) is 0 Å². The number of thiophene rings is 1. The van der Waals surface area contributed by atoms with Crippen molar-refractivity contribution in [3.8, 4) is 0 Å². The van der Waals surface area contributed by atoms with Crippen LogP contribution in [0.1, 0.15) is 24.1 Å². The van der Waals surface area contributed by atoms with E-state index in [0.717, 1.165) is 24.1 Å². The molecule has 3 rings (SSSR count). The average molecular weight is 300 g/mol. The molecule has 4 nitrogen and oxygen atoms in total. The molecule has 1 aromatic heterocycles. The van der Waals surface area contributed by atoms with E-state index in [1.165, 1.54) is 11.3 Å². The maximum atomic E-state index is 12.6. The van der Waals surface area contributed by atoms with E-state index < -0.39 is 10.0 Å². The van der Waals surface area contributed by atoms with Crippen molar-refractivity contribution < 1.29 is 8.42 Å². The second kappa shape index (κ2) is 4.84. The van der Waals surface area contributed by atoms with Crippen molar-refractivity contribution in [2.24, 2.45) is 17.6 Å². The molecule has 6 heteroatoms. The molecule has 0 spiro atoms. The zero-order valence-corrected chi connectivity index (χ0v) is 12.7. The molecule has 1 aliphatic heterocycles. The molecular formula is C13H20N2O2S2. The normalized spacial score (nSPS) is 32.4. The van der Waals surface area contributed by atoms with Gasteiger partial charge >= 0.3 is 0 Å². The highest BCUT2D eigenvalue weighted by Crippen LogP contribution is 2.38. The summed E-state index contributed by atoms with van der Waals surface area (Å²) in [5.74, 6) is 0.968. The summed E-state index contributed by atoms with van der Waals surface area (Å²) in [4.78, 5) is 1.04. The van der Waals surface area contributed by atoms with Crippen LogP contribution in [0, 0.1) is 18.8 Å². The summed E-state index contributed by atoms with van der Waals surface area (Å²) in [6.45, 7) is 3.26. The largest absolute Gasteiger partial charge is 0.328 e. The Labute approximate surface area is 118 Å². The van der Waals surface area contributed by atoms with Gasteiger partial charge < -0.3 is 5.73 Å². The molecule has 2 N–H and O–H groups in total. The third-order valence-corrected chi connectivity index (χ3v) is 7.67. The quantitative estimate of drug-likeness (QED) is 0.906. The first-order valence-electron chi connectivity index (χ1n) is 6.79. The lowest BCUT2D eigenvalue weighted by atomic mass is 9.79. The molecule has 1 unspecified atom stereocenters. The Hall–Kier alpha value is -0.430. The predicted molar refractivity (Wildman–Crippen MR) is 76.6 cm³/mol. The van der Waals surface area contributed by atoms with Crippen molar-refractivity contribution in [2.75, 3.05) is 13.1 Å². The highest BCUT2D eigenvalue weighted by molar-refractivity contribution is 7.91. The first-order chi connectivity index (χ1) is 8.96. The van der Waals surface area contributed by atoms with Gasteiger partial charge in [0.1, 0.15) is 4.21 Å². The van der Waals surface area contributed by atoms with E-state index >= 15 is 0 Å². The molecule has 0 aromatic carbocycles. The summed E-state index contributed by atoms with van der Waals surface area (Å²) in [6, 6.07) is 3.85. The minimum atomic E-state index is -3.28. The van der Waals surface area contributed by atoms with Gasteiger partial charge in [-0.1, -0.05) is 0 Å². The average Bonchev–Trinajstić information content (AvgIpc) is 2.95. The number of hydrogen-bond donors (Lipinski definition) is 1. The summed E-state index contributed by atoms with van der Waals surface area (Å²) < 4.78 is 27.3. The summed E-state index contributed by atoms with van der Waals surface area (Å²) in [5.41, 5.74) is 5.99. The number of rotatable bonds is 2. The highest BCUT2D eigenvalue weighted by Gasteiger charge is 2.41. The first-order valence-corrected chi connectivity index (χ1v) is 9.04. The summed E-state index contributed by atoms with van der Waals surface area (Å²) in [5, 5.41) is 0. The van der Waals surface area contributed by atoms with Crippen LogP contribution in [-0.2, 0) is 10.0 Å². The van der Waals surface area contributed by atoms with Crippen molar-refractivity contribution in [1.82, 2.24) is 4.31 Å². The lowest BCUT2D eigenvalue weighted by molar-refractivity contribution is 0.271. The van der Waals surface area contributed by atoms with Crippen LogP contribution < -0.4 is 5.73 Å². The molecule has 19 heavy (non-hydrogen) atoms. The molecule has 1 saturated heterocycles. The molecular weight excluding hydrogens is 280 g/mol. The smallest absolute Gasteiger partial charge is 0.252 e. The van der Waals surface area contributed by atoms with Crippen LogP contribution >= 0.6 is 11.3 Å². The number of aryl methyl sites for hydroxylation is 1. The number of nitrogens with zero attached hydrogens (tertiary/aromatic N) is 1. The van der Waals surface area contributed by atoms with E-state index in [1.807, 2.05) is 13.0 Å². The molecule has 1 aliphatic carbocycles. The minimum Gasteiger partial charge on any atom is -0.328 e. The van der Waals surface area contributed by atoms with Gasteiger partial charge in [0, 0.05) is 24.0 Å². The molecule has 106 valence electrons. The molecule has 3 atom stereocenters. The van der Waals surface area contributed by atoms with E-state index in [0.29, 0.717) is 29.1 Å². The molecule has 0 bridgehead atoms. The Morgan fingerprint density at radius 2 is 2.00 bits per heavy atom. The third-order valence-electron chi connectivity index (χ3n) is 4.37. The summed E-state index contributed by atoms with van der Waals surface area (Å²) in [6.07, 6.45) is 3.08. The van der Waals surface area contributed by atoms with E-state index in [-0.39, 0.29) is 6.04 Å². The van der Waals surface area contributed by atoms with E-state index in [9.17, 15) is 8.42 Å². The summed E-state index contributed by atoms with van der Waals surface area (Å²) >= 11 is 1.36. The fourth-order valence-corrected chi connectivity index (χ4v) is 6.29. The second-order valence-electron chi connectivity index (χ2n) is 5.78. The van der Waals surface area contributed by atoms with Crippen LogP contribution in [0.25, 0.3) is 0 Å². The van der Waals surface area contributed by atoms with Gasteiger partial charge in [0.05, 0.1) is 0 Å². The van der Waals surface area contributed by atoms with Crippen LogP contribution in [0.5, 0.6) is 0 Å². The van der Waals surface area contributed by atoms with Crippen molar-refractivity contribution in [3.63, 3.8) is 0 Å². The number of fused-ring (bicyclic) bond motifs is 1. The standard InChI is InChI=1S/C13H20N2O2S2/c1-9-2-5-13(18-9)19(16,17)15-7-10-3-4-12(14)6-11(10)8-15/h2,5,10-12H,3-4,6-8,14H2,1H3/t10-,11+,12?/m1/s1. The monoisotopic (exact) mass is 300 g/mol. The van der Waals surface area contributed by atoms with Gasteiger partial charge in [0.25, 0.3) is 10.0 Å². The number of sulfonamides is 1. The molecule has 2 fully saturated rings. The lowest BCUT2D eigenvalue weighted by Gasteiger charge is -2.28. The second-order valence-corrected chi connectivity index (χ2v) is 9.23. The Kier molecular flexibility index (Phi) is 3.45. The zero-order valence-electron chi connectivity index (χ0n) is 11.1. The highest BCUT2D eigenvalue weighted by atomic mass is 32.2. The van der Waals surface area contributed by atoms with Crippen LogP contribution in [0.3, 0.4) is 0 Å². The van der Waals surface area contributed by atoms with Crippen LogP contribution in [0.4, 0.5) is 0 Å². The van der Waals surface area contributed by atoms with Crippen LogP contribution in [0.15, 0.2) is 16.3 Å². The Balaban J connectivity index is 1.80. The van der Waals surface area contributed by atoms with Gasteiger partial charge in [-0.2, -0.15) is 4.31 Å². The summed E-state index contributed by atoms with van der Waals surface area (Å²) in [7, 11) is -3.28. The maximum absolute atomic E-state index is 12.6. The van der Waals surface area contributed by atoms with Gasteiger partial charge in [-0.15, -0.1) is 11.3 Å². The van der Waals surface area contributed by atoms with Crippen LogP contribution in [-0.4, -0.2) is 31.9 Å². The van der Waals surface area contributed by atoms with Gasteiger partial charge in [0.15, 0.2) is 0 Å². The Morgan fingerprint density at radius 3 is 2.68 bits per heavy atom. The molecule has 0 radical (unpaired) electrons. The molecule has 1 aromatic rings. The van der Waals surface area contributed by atoms with Crippen LogP contribution in [0.2, 0.25) is 0 Å². The Bertz CT molecular complexity index is 567. The number of nitrogens with two attached hydrogens (primary N) is 1. The van der Waals surface area contributed by atoms with Gasteiger partial charge in [-0.05, 0) is 50.2 Å². The number of hydrogen-bond acceptors (Lipinski definition) is 4. The van der Waals surface area contributed by atoms with Gasteiger partial charge in [0.2, 0.25) is 0 Å². The lowest BCUT2D eigenvalue weighted by Crippen LogP contribution is -2.32.